The van der Waals surface area contributed by atoms with Crippen LogP contribution in [0.25, 0.3) is 0 Å². The third-order valence-electron chi connectivity index (χ3n) is 12.4. The number of amides is 10. The van der Waals surface area contributed by atoms with E-state index in [1.807, 2.05) is 6.92 Å². The summed E-state index contributed by atoms with van der Waals surface area (Å²) >= 11 is 0. The molecule has 10 amide bonds. The lowest BCUT2D eigenvalue weighted by Crippen LogP contribution is -2.61. The van der Waals surface area contributed by atoms with Crippen LogP contribution in [0.15, 0.2) is 30.3 Å². The first-order valence-electron chi connectivity index (χ1n) is 26.2. The molecule has 0 aromatic heterocycles. The summed E-state index contributed by atoms with van der Waals surface area (Å²) in [6, 6.07) is -5.06. The number of rotatable bonds is 24. The average molecular weight is 1080 g/mol. The topological polar surface area (TPSA) is 430 Å². The summed E-state index contributed by atoms with van der Waals surface area (Å²) in [6.07, 6.45) is 0.217. The van der Waals surface area contributed by atoms with Gasteiger partial charge in [0.2, 0.25) is 59.1 Å². The number of hydrogen-bond acceptors (Lipinski definition) is 16. The van der Waals surface area contributed by atoms with Gasteiger partial charge in [0.15, 0.2) is 0 Å². The molecule has 0 saturated carbocycles. The van der Waals surface area contributed by atoms with E-state index in [0.29, 0.717) is 12.0 Å². The number of nitrogens with one attached hydrogen (secondary N) is 10. The highest BCUT2D eigenvalue weighted by Gasteiger charge is 2.37. The maximum absolute atomic E-state index is 14.3. The fourth-order valence-corrected chi connectivity index (χ4v) is 8.08. The molecule has 1 aliphatic rings. The van der Waals surface area contributed by atoms with Crippen LogP contribution in [-0.4, -0.2) is 174 Å². The molecule has 26 heteroatoms. The second kappa shape index (κ2) is 35.1. The number of benzene rings is 1. The van der Waals surface area contributed by atoms with Crippen molar-refractivity contribution < 1.29 is 63.3 Å². The van der Waals surface area contributed by atoms with Gasteiger partial charge in [0.25, 0.3) is 0 Å². The molecule has 19 N–H and O–H groups in total. The van der Waals surface area contributed by atoms with Gasteiger partial charge in [-0.25, -0.2) is 0 Å². The van der Waals surface area contributed by atoms with Crippen LogP contribution < -0.4 is 70.4 Å². The highest BCUT2D eigenvalue weighted by molar-refractivity contribution is 5.99. The third kappa shape index (κ3) is 23.3. The van der Waals surface area contributed by atoms with Gasteiger partial charge in [-0.15, -0.1) is 0 Å². The highest BCUT2D eigenvalue weighted by atomic mass is 16.3. The average Bonchev–Trinajstić information content (AvgIpc) is 3.36. The zero-order valence-electron chi connectivity index (χ0n) is 44.5. The molecule has 0 unspecified atom stereocenters. The molecular formula is C50H85N13O13. The molecule has 0 bridgehead atoms. The highest BCUT2D eigenvalue weighted by Crippen LogP contribution is 2.11. The normalized spacial score (nSPS) is 23.4. The number of hydrogen-bond donors (Lipinski definition) is 16. The fourth-order valence-electron chi connectivity index (χ4n) is 8.08. The van der Waals surface area contributed by atoms with Gasteiger partial charge in [0.05, 0.1) is 18.8 Å². The van der Waals surface area contributed by atoms with E-state index in [1.165, 1.54) is 13.8 Å². The summed E-state index contributed by atoms with van der Waals surface area (Å²) in [7, 11) is 0. The summed E-state index contributed by atoms with van der Waals surface area (Å²) in [5.74, 6) is -9.30. The van der Waals surface area contributed by atoms with E-state index in [9.17, 15) is 63.3 Å². The summed E-state index contributed by atoms with van der Waals surface area (Å²) in [4.78, 5) is 138. The molecule has 1 aliphatic heterocycles. The minimum absolute atomic E-state index is 0.0539. The van der Waals surface area contributed by atoms with E-state index in [-0.39, 0.29) is 64.1 Å². The second-order valence-electron chi connectivity index (χ2n) is 19.4. The van der Waals surface area contributed by atoms with Crippen molar-refractivity contribution in [2.75, 3.05) is 32.8 Å². The van der Waals surface area contributed by atoms with Crippen molar-refractivity contribution in [1.29, 1.82) is 0 Å². The van der Waals surface area contributed by atoms with E-state index in [4.69, 9.17) is 17.2 Å². The van der Waals surface area contributed by atoms with E-state index in [2.05, 4.69) is 53.2 Å². The second-order valence-corrected chi connectivity index (χ2v) is 19.4. The summed E-state index contributed by atoms with van der Waals surface area (Å²) in [6.45, 7) is 6.12. The van der Waals surface area contributed by atoms with Gasteiger partial charge in [-0.05, 0) is 83.5 Å². The molecule has 428 valence electrons. The monoisotopic (exact) mass is 1080 g/mol. The predicted molar refractivity (Wildman–Crippen MR) is 279 cm³/mol. The van der Waals surface area contributed by atoms with E-state index in [0.717, 1.165) is 25.7 Å². The lowest BCUT2D eigenvalue weighted by atomic mass is 10.00. The van der Waals surface area contributed by atoms with E-state index in [1.54, 1.807) is 44.2 Å². The number of aliphatic hydroxyl groups excluding tert-OH is 3. The lowest BCUT2D eigenvalue weighted by molar-refractivity contribution is -0.137. The Morgan fingerprint density at radius 1 is 0.632 bits per heavy atom. The van der Waals surface area contributed by atoms with Crippen LogP contribution in [0.4, 0.5) is 0 Å². The van der Waals surface area contributed by atoms with Crippen molar-refractivity contribution in [2.24, 2.45) is 23.1 Å². The molecule has 76 heavy (non-hydrogen) atoms. The Kier molecular flexibility index (Phi) is 30.4. The zero-order chi connectivity index (χ0) is 56.9. The number of carbonyl (C=O) groups excluding carboxylic acids is 10. The SMILES string of the molecule is CCCCCCCC(=O)N[C@H](C(=O)N[C@@H](CO)C(=O)N[C@H]1CCNC(=O)[C@H]([C@@H](C)O)NC(=O)[C@H](CCN)NC(=O)[C@H](CCN)NC(=O)[C@H](CC(C)C)NC(=O)[C@@H](Cc2ccccc2)NC(=O)[C@H](CCN)NC1=O)[C@@H](C)O. The fraction of sp³-hybridized carbons (Fsp3) is 0.680. The van der Waals surface area contributed by atoms with Crippen molar-refractivity contribution in [3.05, 3.63) is 35.9 Å². The quantitative estimate of drug-likeness (QED) is 0.0433. The molecule has 1 heterocycles. The van der Waals surface area contributed by atoms with Gasteiger partial charge in [-0.3, -0.25) is 47.9 Å². The molecule has 1 aromatic rings. The Labute approximate surface area is 444 Å². The van der Waals surface area contributed by atoms with Crippen LogP contribution in [0.2, 0.25) is 0 Å². The Morgan fingerprint density at radius 3 is 1.64 bits per heavy atom. The van der Waals surface area contributed by atoms with E-state index >= 15 is 0 Å². The maximum Gasteiger partial charge on any atom is 0.245 e. The van der Waals surface area contributed by atoms with Crippen LogP contribution in [-0.2, 0) is 54.4 Å². The minimum Gasteiger partial charge on any atom is -0.394 e. The van der Waals surface area contributed by atoms with Crippen LogP contribution in [0, 0.1) is 5.92 Å². The number of aliphatic hydroxyl groups is 3. The Morgan fingerprint density at radius 2 is 1.13 bits per heavy atom. The minimum atomic E-state index is -1.79. The molecule has 11 atom stereocenters. The summed E-state index contributed by atoms with van der Waals surface area (Å²) < 4.78 is 0. The number of nitrogens with two attached hydrogens (primary N) is 3. The molecule has 1 aromatic carbocycles. The predicted octanol–water partition coefficient (Wildman–Crippen LogP) is -4.68. The van der Waals surface area contributed by atoms with E-state index < -0.39 is 145 Å². The first-order valence-corrected chi connectivity index (χ1v) is 26.2. The van der Waals surface area contributed by atoms with Gasteiger partial charge in [-0.2, -0.15) is 0 Å². The summed E-state index contributed by atoms with van der Waals surface area (Å²) in [5.41, 5.74) is 18.2. The van der Waals surface area contributed by atoms with Crippen LogP contribution in [0.5, 0.6) is 0 Å². The number of unbranched alkanes of at least 4 members (excludes halogenated alkanes) is 4. The smallest absolute Gasteiger partial charge is 0.245 e. The molecule has 26 nitrogen and oxygen atoms in total. The zero-order valence-corrected chi connectivity index (χ0v) is 44.5. The maximum atomic E-state index is 14.3. The summed E-state index contributed by atoms with van der Waals surface area (Å²) in [5, 5.41) is 56.5. The Bertz CT molecular complexity index is 2050. The first kappa shape index (κ1) is 65.8. The molecule has 0 radical (unpaired) electrons. The van der Waals surface area contributed by atoms with Gasteiger partial charge in [0.1, 0.15) is 54.4 Å². The standard InChI is InChI=1S/C50H85N13O13/c1-6-7-8-9-13-16-39(67)62-41(30(5)66)50(76)61-38(27-64)48(74)58-35-20-24-54-49(75)40(29(4)65)63-45(71)34(19-23-53)56-42(68)32(17-21-51)57-46(72)36(25-28(2)3)59-47(73)37(26-31-14-11-10-12-15-31)60-43(69)33(18-22-52)55-44(35)70/h10-12,14-15,28-30,32-38,40-41,64-66H,6-9,13,16-27,51-53H2,1-5H3,(H,54,75)(H,55,70)(H,56,68)(H,57,72)(H,58,74)(H,59,73)(H,60,69)(H,61,76)(H,62,67)(H,63,71)/t29-,30-,32+,33+,34+,35+,36+,37-,38+,40+,41+/m1/s1. The lowest BCUT2D eigenvalue weighted by Gasteiger charge is -2.28. The Hall–Kier alpha value is -6.32. The van der Waals surface area contributed by atoms with Crippen molar-refractivity contribution >= 4 is 59.1 Å². The first-order chi connectivity index (χ1) is 36.1. The van der Waals surface area contributed by atoms with Crippen molar-refractivity contribution in [2.45, 2.75) is 178 Å². The van der Waals surface area contributed by atoms with Crippen LogP contribution in [0.3, 0.4) is 0 Å². The van der Waals surface area contributed by atoms with Gasteiger partial charge < -0.3 is 85.7 Å². The molecule has 1 saturated heterocycles. The third-order valence-corrected chi connectivity index (χ3v) is 12.4. The van der Waals surface area contributed by atoms with Gasteiger partial charge in [-0.1, -0.05) is 76.8 Å². The van der Waals surface area contributed by atoms with Crippen LogP contribution in [0.1, 0.15) is 111 Å². The molecule has 0 spiro atoms. The van der Waals surface area contributed by atoms with Crippen LogP contribution >= 0.6 is 0 Å². The molecule has 0 aliphatic carbocycles. The molecule has 2 rings (SSSR count). The van der Waals surface area contributed by atoms with Gasteiger partial charge in [0, 0.05) is 19.4 Å². The molecule has 1 fully saturated rings. The van der Waals surface area contributed by atoms with Crippen molar-refractivity contribution in [3.63, 3.8) is 0 Å². The van der Waals surface area contributed by atoms with Crippen molar-refractivity contribution in [1.82, 2.24) is 53.2 Å². The largest absolute Gasteiger partial charge is 0.394 e. The number of carbonyl (C=O) groups is 10. The van der Waals surface area contributed by atoms with Gasteiger partial charge >= 0.3 is 0 Å². The van der Waals surface area contributed by atoms with Crippen molar-refractivity contribution in [3.8, 4) is 0 Å². The molecular weight excluding hydrogens is 991 g/mol. The Balaban J connectivity index is 2.67.